The fourth-order valence-corrected chi connectivity index (χ4v) is 4.55. The zero-order valence-electron chi connectivity index (χ0n) is 28.2. The van der Waals surface area contributed by atoms with E-state index >= 15 is 0 Å². The Morgan fingerprint density at radius 3 is 1.57 bits per heavy atom. The molecule has 0 aliphatic rings. The van der Waals surface area contributed by atoms with Crippen molar-refractivity contribution in [2.45, 2.75) is 59.0 Å². The quantitative estimate of drug-likeness (QED) is 0.0340. The molecule has 248 valence electrons. The Hall–Kier alpha value is -4.55. The number of allylic oxidation sites excluding steroid dienone is 2. The molecule has 4 aromatic carbocycles. The smallest absolute Gasteiger partial charge is 0.166 e. The van der Waals surface area contributed by atoms with Crippen molar-refractivity contribution in [1.82, 2.24) is 0 Å². The van der Waals surface area contributed by atoms with Crippen LogP contribution >= 0.6 is 0 Å². The van der Waals surface area contributed by atoms with Crippen molar-refractivity contribution in [3.05, 3.63) is 139 Å². The molecule has 0 spiro atoms. The molecule has 0 unspecified atom stereocenters. The summed E-state index contributed by atoms with van der Waals surface area (Å²) in [7, 11) is 1.47. The molecule has 5 nitrogen and oxygen atoms in total. The van der Waals surface area contributed by atoms with Gasteiger partial charge in [0.25, 0.3) is 0 Å². The van der Waals surface area contributed by atoms with E-state index in [9.17, 15) is 9.90 Å². The van der Waals surface area contributed by atoms with Crippen LogP contribution in [0.3, 0.4) is 0 Å². The fraction of sp³-hybridized carbons (Fsp3) is 0.262. The van der Waals surface area contributed by atoms with E-state index in [0.717, 1.165) is 47.0 Å². The van der Waals surface area contributed by atoms with Gasteiger partial charge in [-0.1, -0.05) is 131 Å². The summed E-state index contributed by atoms with van der Waals surface area (Å²) in [5, 5.41) is 17.8. The molecule has 0 fully saturated rings. The number of unbranched alkanes of at least 4 members (excludes halogenated alkanes) is 2. The van der Waals surface area contributed by atoms with Gasteiger partial charge in [0.1, 0.15) is 6.29 Å². The van der Waals surface area contributed by atoms with Crippen molar-refractivity contribution in [3.63, 3.8) is 0 Å². The minimum Gasteiger partial charge on any atom is -0.396 e. The average molecular weight is 635 g/mol. The number of rotatable bonds is 15. The van der Waals surface area contributed by atoms with Crippen molar-refractivity contribution >= 4 is 6.29 Å². The predicted molar refractivity (Wildman–Crippen MR) is 196 cm³/mol. The molecule has 0 bridgehead atoms. The summed E-state index contributed by atoms with van der Waals surface area (Å²) >= 11 is 0. The molecule has 0 saturated carbocycles. The molecule has 0 atom stereocenters. The molecule has 4 aromatic rings. The lowest BCUT2D eigenvalue weighted by Gasteiger charge is -2.10. The number of hydrogen-bond acceptors (Lipinski definition) is 5. The Bertz CT molecular complexity index is 1520. The van der Waals surface area contributed by atoms with Gasteiger partial charge in [-0.15, -0.1) is 0 Å². The van der Waals surface area contributed by atoms with Crippen LogP contribution in [0.4, 0.5) is 0 Å². The van der Waals surface area contributed by atoms with Gasteiger partial charge < -0.3 is 15.1 Å². The molecule has 0 saturated heterocycles. The standard InChI is InChI=1S/C31H32O3.C6H10O.C5H8O/c1-3-4-5-6-23-7-9-25(10-8-23)26-11-13-27(14-12-26)28-15-17-29(18-16-28)30-19-24(22-32)20-31(21-30)34-33-2;1-3-6(2)4-5-7;1-3-5(2)4-6/h7-21,32H,3-6,22H2,1-2H3;3,7H,1-2,4-5H2;4H,2-3H2,1H3. The van der Waals surface area contributed by atoms with Crippen molar-refractivity contribution < 1.29 is 24.8 Å². The van der Waals surface area contributed by atoms with Crippen molar-refractivity contribution in [1.29, 1.82) is 0 Å². The molecule has 47 heavy (non-hydrogen) atoms. The minimum atomic E-state index is -0.0556. The van der Waals surface area contributed by atoms with Gasteiger partial charge >= 0.3 is 0 Å². The van der Waals surface area contributed by atoms with Crippen LogP contribution < -0.4 is 4.89 Å². The second kappa shape index (κ2) is 22.1. The van der Waals surface area contributed by atoms with Gasteiger partial charge in [0.2, 0.25) is 0 Å². The summed E-state index contributed by atoms with van der Waals surface area (Å²) in [6, 6.07) is 31.8. The molecule has 0 radical (unpaired) electrons. The normalized spacial score (nSPS) is 10.1. The number of aliphatic hydroxyl groups is 2. The third-order valence-corrected chi connectivity index (χ3v) is 7.46. The van der Waals surface area contributed by atoms with Crippen LogP contribution in [0.5, 0.6) is 5.75 Å². The number of carbonyl (C=O) groups excluding carboxylic acids is 1. The van der Waals surface area contributed by atoms with E-state index in [-0.39, 0.29) is 13.2 Å². The van der Waals surface area contributed by atoms with Crippen LogP contribution in [0.15, 0.2) is 128 Å². The predicted octanol–water partition coefficient (Wildman–Crippen LogP) is 10.1. The van der Waals surface area contributed by atoms with Gasteiger partial charge in [0.15, 0.2) is 5.75 Å². The van der Waals surface area contributed by atoms with Gasteiger partial charge in [0.05, 0.1) is 13.7 Å². The Kier molecular flexibility index (Phi) is 18.1. The second-order valence-electron chi connectivity index (χ2n) is 11.0. The van der Waals surface area contributed by atoms with Gasteiger partial charge in [0, 0.05) is 6.61 Å². The lowest BCUT2D eigenvalue weighted by Crippen LogP contribution is -1.93. The van der Waals surface area contributed by atoms with Crippen LogP contribution in [0, 0.1) is 0 Å². The Morgan fingerprint density at radius 1 is 0.702 bits per heavy atom. The van der Waals surface area contributed by atoms with Crippen molar-refractivity contribution in [2.75, 3.05) is 13.7 Å². The summed E-state index contributed by atoms with van der Waals surface area (Å²) in [5.74, 6) is 0.567. The molecule has 0 heterocycles. The van der Waals surface area contributed by atoms with E-state index in [1.807, 2.05) is 19.1 Å². The average Bonchev–Trinajstić information content (AvgIpc) is 3.12. The van der Waals surface area contributed by atoms with Crippen molar-refractivity contribution in [3.8, 4) is 39.1 Å². The van der Waals surface area contributed by atoms with E-state index in [2.05, 4.69) is 99.5 Å². The molecule has 5 heteroatoms. The van der Waals surface area contributed by atoms with E-state index in [0.29, 0.717) is 17.7 Å². The molecular weight excluding hydrogens is 584 g/mol. The Balaban J connectivity index is 0.000000499. The maximum Gasteiger partial charge on any atom is 0.166 e. The zero-order chi connectivity index (χ0) is 34.4. The first-order valence-electron chi connectivity index (χ1n) is 16.1. The molecule has 2 N–H and O–H groups in total. The number of aliphatic hydroxyl groups excluding tert-OH is 2. The van der Waals surface area contributed by atoms with Crippen molar-refractivity contribution in [2.24, 2.45) is 0 Å². The summed E-state index contributed by atoms with van der Waals surface area (Å²) < 4.78 is 0. The zero-order valence-corrected chi connectivity index (χ0v) is 28.2. The van der Waals surface area contributed by atoms with E-state index in [4.69, 9.17) is 14.9 Å². The highest BCUT2D eigenvalue weighted by atomic mass is 17.2. The van der Waals surface area contributed by atoms with Crippen LogP contribution in [0.2, 0.25) is 0 Å². The first-order valence-corrected chi connectivity index (χ1v) is 16.1. The van der Waals surface area contributed by atoms with Crippen LogP contribution in [0.25, 0.3) is 33.4 Å². The Morgan fingerprint density at radius 2 is 1.21 bits per heavy atom. The minimum absolute atomic E-state index is 0.0556. The number of hydrogen-bond donors (Lipinski definition) is 2. The monoisotopic (exact) mass is 634 g/mol. The van der Waals surface area contributed by atoms with Crippen LogP contribution in [0.1, 0.15) is 57.1 Å². The summed E-state index contributed by atoms with van der Waals surface area (Å²) in [6.07, 6.45) is 8.81. The van der Waals surface area contributed by atoms with Crippen LogP contribution in [-0.2, 0) is 22.7 Å². The highest BCUT2D eigenvalue weighted by molar-refractivity contribution is 5.74. The lowest BCUT2D eigenvalue weighted by molar-refractivity contribution is -0.178. The highest BCUT2D eigenvalue weighted by Gasteiger charge is 2.07. The number of benzene rings is 4. The van der Waals surface area contributed by atoms with Gasteiger partial charge in [-0.3, -0.25) is 4.79 Å². The van der Waals surface area contributed by atoms with E-state index in [1.165, 1.54) is 48.6 Å². The van der Waals surface area contributed by atoms with E-state index < -0.39 is 0 Å². The topological polar surface area (TPSA) is 76.0 Å². The molecular formula is C42H50O5. The number of carbonyl (C=O) groups is 1. The summed E-state index contributed by atoms with van der Waals surface area (Å²) in [6.45, 7) is 14.7. The largest absolute Gasteiger partial charge is 0.396 e. The van der Waals surface area contributed by atoms with Gasteiger partial charge in [-0.05, 0) is 94.0 Å². The number of aryl methyl sites for hydroxylation is 1. The maximum absolute atomic E-state index is 9.64. The Labute approximate surface area is 281 Å². The highest BCUT2D eigenvalue weighted by Crippen LogP contribution is 2.30. The molecule has 0 aliphatic carbocycles. The third-order valence-electron chi connectivity index (χ3n) is 7.46. The first kappa shape index (κ1) is 38.6. The SMILES string of the molecule is C=C(C=O)CC.C=CC(=C)CCO.CCCCCc1ccc(-c2ccc(-c3ccc(-c4cc(CO)cc(OOC)c4)cc3)cc2)cc1. The van der Waals surface area contributed by atoms with Crippen LogP contribution in [-0.4, -0.2) is 30.2 Å². The van der Waals surface area contributed by atoms with Gasteiger partial charge in [-0.25, -0.2) is 0 Å². The fourth-order valence-electron chi connectivity index (χ4n) is 4.55. The van der Waals surface area contributed by atoms with E-state index in [1.54, 1.807) is 12.1 Å². The third kappa shape index (κ3) is 13.8. The second-order valence-corrected chi connectivity index (χ2v) is 11.0. The molecule has 0 aromatic heterocycles. The van der Waals surface area contributed by atoms with Gasteiger partial charge in [-0.2, -0.15) is 4.89 Å². The summed E-state index contributed by atoms with van der Waals surface area (Å²) in [4.78, 5) is 19.6. The molecule has 0 aliphatic heterocycles. The molecule has 4 rings (SSSR count). The number of aldehydes is 1. The molecule has 0 amide bonds. The summed E-state index contributed by atoms with van der Waals surface area (Å²) in [5.41, 5.74) is 10.6. The lowest BCUT2D eigenvalue weighted by atomic mass is 9.97. The first-order chi connectivity index (χ1) is 22.8. The maximum atomic E-state index is 9.64.